The first-order valence-electron chi connectivity index (χ1n) is 34.6. The van der Waals surface area contributed by atoms with Crippen LogP contribution in [0.5, 0.6) is 11.5 Å². The van der Waals surface area contributed by atoms with Crippen LogP contribution in [0.1, 0.15) is 175 Å². The van der Waals surface area contributed by atoms with Crippen LogP contribution in [0.25, 0.3) is 0 Å². The molecule has 0 aromatic heterocycles. The zero-order valence-electron chi connectivity index (χ0n) is 60.5. The van der Waals surface area contributed by atoms with Gasteiger partial charge in [0.15, 0.2) is 12.0 Å². The Kier molecular flexibility index (Phi) is 30.2. The van der Waals surface area contributed by atoms with Crippen molar-refractivity contribution in [2.75, 3.05) is 58.8 Å². The van der Waals surface area contributed by atoms with Gasteiger partial charge in [-0.05, 0) is 114 Å². The maximum Gasteiger partial charge on any atom is 0.409 e. The number of alkyl carbamates (subject to hydrolysis) is 1. The third-order valence-corrected chi connectivity index (χ3v) is 24.2. The number of carbonyl (C=O) groups is 9. The lowest BCUT2D eigenvalue weighted by Crippen LogP contribution is -2.63. The fourth-order valence-corrected chi connectivity index (χ4v) is 15.8. The molecule has 3 aliphatic heterocycles. The van der Waals surface area contributed by atoms with E-state index in [0.29, 0.717) is 62.5 Å². The Balaban J connectivity index is 1.16. The summed E-state index contributed by atoms with van der Waals surface area (Å²) in [6.45, 7) is 17.2. The van der Waals surface area contributed by atoms with Crippen molar-refractivity contribution in [2.45, 2.75) is 232 Å². The van der Waals surface area contributed by atoms with Gasteiger partial charge in [-0.15, -0.1) is 0 Å². The van der Waals surface area contributed by atoms with Crippen molar-refractivity contribution in [3.8, 4) is 11.5 Å². The molecule has 3 fully saturated rings. The average molecular weight is 1540 g/mol. The smallest absolute Gasteiger partial charge is 0.409 e. The summed E-state index contributed by atoms with van der Waals surface area (Å²) in [5, 5.41) is 25.6. The number of fused-ring (bicyclic) bond motifs is 5. The molecule has 2 saturated heterocycles. The first-order valence-corrected chi connectivity index (χ1v) is 36.7. The third-order valence-electron chi connectivity index (χ3n) is 20.3. The summed E-state index contributed by atoms with van der Waals surface area (Å²) in [7, 11) is 7.09. The minimum Gasteiger partial charge on any atom is -0.497 e. The number of primary amides is 1. The van der Waals surface area contributed by atoms with Gasteiger partial charge in [-0.3, -0.25) is 29.3 Å². The molecule has 8 N–H and O–H groups in total. The predicted molar refractivity (Wildman–Crippen MR) is 389 cm³/mol. The van der Waals surface area contributed by atoms with Gasteiger partial charge < -0.3 is 79.9 Å². The number of amides is 8. The number of aliphatic hydroxyl groups is 1. The van der Waals surface area contributed by atoms with Crippen LogP contribution in [0.4, 0.5) is 21.0 Å². The number of urea groups is 1. The van der Waals surface area contributed by atoms with Crippen LogP contribution >= 0.6 is 34.2 Å². The number of unbranched alkanes of at least 4 members (excludes halogenated alkanes) is 2. The summed E-state index contributed by atoms with van der Waals surface area (Å²) < 4.78 is 41.4. The van der Waals surface area contributed by atoms with E-state index in [9.17, 15) is 48.3 Å². The van der Waals surface area contributed by atoms with E-state index in [1.165, 1.54) is 65.4 Å². The summed E-state index contributed by atoms with van der Waals surface area (Å²) in [6.07, 6.45) is 9.45. The lowest BCUT2D eigenvalue weighted by Gasteiger charge is -2.42. The zero-order chi connectivity index (χ0) is 74.2. The predicted octanol–water partition coefficient (Wildman–Crippen LogP) is 9.29. The molecule has 3 unspecified atom stereocenters. The molecule has 6 rings (SSSR count). The van der Waals surface area contributed by atoms with Crippen LogP contribution in [0, 0.1) is 17.8 Å². The summed E-state index contributed by atoms with van der Waals surface area (Å²) in [6, 6.07) is 3.16. The maximum atomic E-state index is 14.8. The number of ether oxygens (including phenoxy) is 7. The fourth-order valence-electron chi connectivity index (χ4n) is 13.7. The number of nitrogens with zero attached hydrogens (tertiary/aromatic N) is 2. The molecule has 0 spiro atoms. The van der Waals surface area contributed by atoms with E-state index in [-0.39, 0.29) is 67.9 Å². The number of halogens is 2. The Bertz CT molecular complexity index is 3320. The van der Waals surface area contributed by atoms with E-state index in [2.05, 4.69) is 86.2 Å². The number of rotatable bonds is 31. The molecular weight excluding hydrogens is 1440 g/mol. The van der Waals surface area contributed by atoms with E-state index in [4.69, 9.17) is 50.5 Å². The van der Waals surface area contributed by atoms with Gasteiger partial charge in [-0.25, -0.2) is 14.4 Å². The molecule has 3 heterocycles. The average Bonchev–Trinajstić information content (AvgIpc) is 1.57. The summed E-state index contributed by atoms with van der Waals surface area (Å²) in [5.41, 5.74) is 2.80. The van der Waals surface area contributed by atoms with E-state index in [1.807, 2.05) is 13.0 Å². The molecule has 2 radical (unpaired) electrons. The van der Waals surface area contributed by atoms with Gasteiger partial charge in [0.2, 0.25) is 23.6 Å². The molecule has 2 aromatic carbocycles. The summed E-state index contributed by atoms with van der Waals surface area (Å²) in [4.78, 5) is 127. The zero-order valence-corrected chi connectivity index (χ0v) is 64.5. The number of carbonyl (C=O) groups excluding carboxylic acids is 9. The highest BCUT2D eigenvalue weighted by Crippen LogP contribution is 2.62. The third kappa shape index (κ3) is 21.1. The number of benzene rings is 2. The maximum absolute atomic E-state index is 14.8. The molecule has 552 valence electrons. The highest BCUT2D eigenvalue weighted by atomic mass is 127. The number of epoxide rings is 1. The number of alkyl halides is 1. The first kappa shape index (κ1) is 82.9. The lowest BCUT2D eigenvalue weighted by molar-refractivity contribution is -0.158. The van der Waals surface area contributed by atoms with E-state index < -0.39 is 119 Å². The van der Waals surface area contributed by atoms with Gasteiger partial charge in [0, 0.05) is 62.6 Å². The number of hydrogen-bond acceptors (Lipinski definition) is 17. The Hall–Kier alpha value is -6.06. The molecule has 8 amide bonds. The van der Waals surface area contributed by atoms with Crippen molar-refractivity contribution in [3.05, 3.63) is 70.3 Å². The molecule has 28 heteroatoms. The summed E-state index contributed by atoms with van der Waals surface area (Å²) >= 11 is 12.5. The topological polar surface area (TPSA) is 334 Å². The molecule has 1 aliphatic carbocycles. The van der Waals surface area contributed by atoms with Gasteiger partial charge in [-0.2, -0.15) is 0 Å². The van der Waals surface area contributed by atoms with Crippen LogP contribution in [-0.2, 0) is 58.9 Å². The van der Waals surface area contributed by atoms with Gasteiger partial charge >= 0.3 is 18.1 Å². The van der Waals surface area contributed by atoms with E-state index >= 15 is 0 Å². The summed E-state index contributed by atoms with van der Waals surface area (Å²) in [5.74, 6) is -4.03. The number of likely N-dealkylation sites (N-methyl/N-ethyl adjacent to an activating group) is 1. The van der Waals surface area contributed by atoms with Crippen molar-refractivity contribution in [1.82, 2.24) is 26.2 Å². The minimum absolute atomic E-state index is 0.0357. The monoisotopic (exact) mass is 1540 g/mol. The van der Waals surface area contributed by atoms with Crippen LogP contribution in [-0.4, -0.2) is 192 Å². The molecule has 13 atom stereocenters. The standard InChI is InChI=1S/C72H105ClIN8O17.Al/c1-15-47(16-2)24-21-30-71(74)40-70(41-83,38-44(71)6)96-32-19-17-18-27-58(84)79-61(42(3)4)64(87)77-51(25-22-31-76-67(75)90)63(86)78-52-36-49(93-12)28-29-50(52)65(88)81(10)46(8)66(89)98-57-37-59(85)82(11)53-34-48(35-54(94-13)60(53)73)33-43(5)23-20-26-56(95-14)72(92)39-55(97-68(91)80-72)45(7)62-69(57,9)99-62;/h20,23,26,28-29,34-36,41-42,45-47,51,55-57,61-62,92H,15-19,21-22,24-25,27,30-33,37-40H2,1-14H3,(H,77,87)(H,78,86)(H,79,84)(H,80,91)(H3,75,76,90);/b26-20+,43-23+;/t45-,46+,51+,55+,56-,57+,61+,62+,69+,70?,71?,72+;/m1./s1. The highest BCUT2D eigenvalue weighted by Gasteiger charge is 2.65. The fraction of sp³-hybridized carbons (Fsp3) is 0.653. The number of nitrogens with one attached hydrogen (secondary N) is 5. The van der Waals surface area contributed by atoms with Crippen molar-refractivity contribution in [1.29, 1.82) is 0 Å². The van der Waals surface area contributed by atoms with Crippen LogP contribution in [0.3, 0.4) is 0 Å². The Labute approximate surface area is 615 Å². The molecule has 25 nitrogen and oxygen atoms in total. The van der Waals surface area contributed by atoms with E-state index in [0.717, 1.165) is 54.4 Å². The minimum atomic E-state index is -1.94. The van der Waals surface area contributed by atoms with E-state index in [1.54, 1.807) is 52.0 Å². The molecule has 100 heavy (non-hydrogen) atoms. The van der Waals surface area contributed by atoms with Gasteiger partial charge in [0.25, 0.3) is 5.91 Å². The van der Waals surface area contributed by atoms with Crippen molar-refractivity contribution < 1.29 is 81.4 Å². The number of methoxy groups -OCH3 is 3. The Morgan fingerprint density at radius 1 is 0.970 bits per heavy atom. The molecular formula is C72H105AlClIN8O17. The van der Waals surface area contributed by atoms with Crippen molar-refractivity contribution in [3.63, 3.8) is 0 Å². The van der Waals surface area contributed by atoms with Crippen LogP contribution in [0.2, 0.25) is 9.30 Å². The van der Waals surface area contributed by atoms with Gasteiger partial charge in [-0.1, -0.05) is 136 Å². The molecule has 1 saturated carbocycles. The van der Waals surface area contributed by atoms with Crippen molar-refractivity contribution >= 4 is 116 Å². The number of anilines is 2. The second-order valence-electron chi connectivity index (χ2n) is 28.2. The number of allylic oxidation sites excluding steroid dienone is 3. The Morgan fingerprint density at radius 2 is 1.68 bits per heavy atom. The van der Waals surface area contributed by atoms with Gasteiger partial charge in [0.05, 0.1) is 43.7 Å². The second kappa shape index (κ2) is 36.4. The second-order valence-corrected chi connectivity index (χ2v) is 31.9. The number of nitrogens with two attached hydrogens (primary N) is 1. The Morgan fingerprint density at radius 3 is 2.32 bits per heavy atom. The van der Waals surface area contributed by atoms with Crippen LogP contribution < -0.4 is 46.7 Å². The normalized spacial score (nSPS) is 27.8. The quantitative estimate of drug-likeness (QED) is 0.00703. The molecule has 4 aliphatic rings. The number of esters is 1. The lowest BCUT2D eigenvalue weighted by atomic mass is 9.83. The molecule has 4 bridgehead atoms. The number of hydrogen-bond donors (Lipinski definition) is 7. The van der Waals surface area contributed by atoms with Crippen molar-refractivity contribution in [2.24, 2.45) is 23.5 Å². The first-order chi connectivity index (χ1) is 47.1. The number of aldehydes is 1. The molecule has 2 aromatic rings. The van der Waals surface area contributed by atoms with Crippen LogP contribution in [0.15, 0.2) is 54.1 Å². The SMILES string of the molecule is CCC(CC)CCCC1(I)CC(C=O)(OCCCCCC(=O)N[C@H](C(=O)N[C@@H](CCCNC(N)=O)C(=O)Nc2cc(OC)ccc2C(=O)N(C)[C@@H](C)C(=O)O[C@H]2CC(=O)N(C)c3cc(cc(OC)c3Cl)C/C(C)=C/C=C/[C@@H](OC)[C@@]3(O)C[C@H](OC(=O)N3)[C@@H](C)[C@@H]3O[C@@]23C)C(C)C)C[C]1(C)[Al]. The highest BCUT2D eigenvalue weighted by molar-refractivity contribution is 14.1. The largest absolute Gasteiger partial charge is 0.497 e. The van der Waals surface area contributed by atoms with Gasteiger partial charge in [0.1, 0.15) is 80.5 Å².